The van der Waals surface area contributed by atoms with E-state index in [9.17, 15) is 26.0 Å². The molecule has 0 aliphatic carbocycles. The number of ether oxygens (including phenoxy) is 1. The lowest BCUT2D eigenvalue weighted by molar-refractivity contribution is -0.276. The van der Waals surface area contributed by atoms with E-state index in [1.54, 1.807) is 0 Å². The fraction of sp³-hybridized carbons (Fsp3) is 0.143. The largest absolute Gasteiger partial charge is 0.573 e. The lowest BCUT2D eigenvalue weighted by Crippen LogP contribution is -2.21. The summed E-state index contributed by atoms with van der Waals surface area (Å²) in [5.74, 6) is -2.93. The Morgan fingerprint density at radius 1 is 1.25 bits per heavy atom. The molecule has 0 unspecified atom stereocenters. The van der Waals surface area contributed by atoms with Gasteiger partial charge in [0.15, 0.2) is 11.6 Å². The van der Waals surface area contributed by atoms with Crippen molar-refractivity contribution in [1.29, 1.82) is 0 Å². The monoisotopic (exact) mass is 259 g/mol. The van der Waals surface area contributed by atoms with E-state index in [2.05, 4.69) is 9.88 Å². The minimum absolute atomic E-state index is 0.621. The summed E-state index contributed by atoms with van der Waals surface area (Å²) in [6.07, 6.45) is -5.21. The van der Waals surface area contributed by atoms with E-state index < -0.39 is 32.8 Å². The number of hydrogen-bond donors (Lipinski definition) is 1. The SMILES string of the molecule is NS(=O)(=O)c1cccc(F)c1OC(F)(F)F. The van der Waals surface area contributed by atoms with E-state index in [0.717, 1.165) is 6.07 Å². The van der Waals surface area contributed by atoms with Crippen LogP contribution in [0.4, 0.5) is 17.6 Å². The van der Waals surface area contributed by atoms with Crippen molar-refractivity contribution in [2.24, 2.45) is 5.14 Å². The highest BCUT2D eigenvalue weighted by molar-refractivity contribution is 7.89. The van der Waals surface area contributed by atoms with Crippen molar-refractivity contribution in [1.82, 2.24) is 0 Å². The molecule has 0 aromatic heterocycles. The Labute approximate surface area is 87.7 Å². The molecule has 1 rings (SSSR count). The molecule has 90 valence electrons. The second kappa shape index (κ2) is 3.91. The number of sulfonamides is 1. The van der Waals surface area contributed by atoms with Crippen LogP contribution in [0.1, 0.15) is 0 Å². The normalized spacial score (nSPS) is 12.6. The topological polar surface area (TPSA) is 69.4 Å². The van der Waals surface area contributed by atoms with E-state index in [-0.39, 0.29) is 0 Å². The molecule has 1 aromatic rings. The van der Waals surface area contributed by atoms with E-state index >= 15 is 0 Å². The van der Waals surface area contributed by atoms with Crippen LogP contribution in [0.2, 0.25) is 0 Å². The molecule has 0 aliphatic heterocycles. The van der Waals surface area contributed by atoms with Crippen molar-refractivity contribution < 1.29 is 30.7 Å². The number of hydrogen-bond acceptors (Lipinski definition) is 3. The van der Waals surface area contributed by atoms with Crippen LogP contribution in [0, 0.1) is 5.82 Å². The zero-order valence-electron chi connectivity index (χ0n) is 7.45. The standard InChI is InChI=1S/C7H5F4NO3S/c8-4-2-1-3-5(16(12,13)14)6(4)15-7(9,10)11/h1-3H,(H2,12,13,14). The van der Waals surface area contributed by atoms with E-state index in [1.807, 2.05) is 0 Å². The molecule has 0 radical (unpaired) electrons. The summed E-state index contributed by atoms with van der Waals surface area (Å²) in [6, 6.07) is 2.23. The van der Waals surface area contributed by atoms with Gasteiger partial charge in [-0.2, -0.15) is 0 Å². The Morgan fingerprint density at radius 2 is 1.81 bits per heavy atom. The van der Waals surface area contributed by atoms with Gasteiger partial charge in [-0.25, -0.2) is 17.9 Å². The maximum atomic E-state index is 13.0. The molecule has 0 saturated heterocycles. The van der Waals surface area contributed by atoms with Crippen molar-refractivity contribution in [3.05, 3.63) is 24.0 Å². The molecular formula is C7H5F4NO3S. The lowest BCUT2D eigenvalue weighted by Gasteiger charge is -2.12. The molecule has 1 aromatic carbocycles. The molecule has 0 saturated carbocycles. The maximum absolute atomic E-state index is 13.0. The fourth-order valence-corrected chi connectivity index (χ4v) is 1.59. The molecule has 0 heterocycles. The van der Waals surface area contributed by atoms with Gasteiger partial charge < -0.3 is 4.74 Å². The molecule has 0 atom stereocenters. The van der Waals surface area contributed by atoms with Crippen LogP contribution in [0.15, 0.2) is 23.1 Å². The number of para-hydroxylation sites is 1. The third-order valence-electron chi connectivity index (χ3n) is 1.46. The summed E-state index contributed by atoms with van der Waals surface area (Å²) in [5.41, 5.74) is 0. The van der Waals surface area contributed by atoms with Gasteiger partial charge >= 0.3 is 6.36 Å². The number of halogens is 4. The van der Waals surface area contributed by atoms with E-state index in [4.69, 9.17) is 0 Å². The van der Waals surface area contributed by atoms with E-state index in [1.165, 1.54) is 0 Å². The molecular weight excluding hydrogens is 254 g/mol. The van der Waals surface area contributed by atoms with Gasteiger partial charge in [-0.15, -0.1) is 13.2 Å². The summed E-state index contributed by atoms with van der Waals surface area (Å²) in [7, 11) is -4.49. The maximum Gasteiger partial charge on any atom is 0.573 e. The predicted molar refractivity (Wildman–Crippen MR) is 44.5 cm³/mol. The molecule has 0 bridgehead atoms. The number of benzene rings is 1. The quantitative estimate of drug-likeness (QED) is 0.815. The number of alkyl halides is 3. The Morgan fingerprint density at radius 3 is 2.25 bits per heavy atom. The third kappa shape index (κ3) is 3.07. The molecule has 2 N–H and O–H groups in total. The minimum Gasteiger partial charge on any atom is -0.401 e. The predicted octanol–water partition coefficient (Wildman–Crippen LogP) is 1.37. The number of rotatable bonds is 2. The highest BCUT2D eigenvalue weighted by Gasteiger charge is 2.35. The first-order valence-electron chi connectivity index (χ1n) is 3.68. The summed E-state index contributed by atoms with van der Waals surface area (Å²) in [5, 5.41) is 4.60. The van der Waals surface area contributed by atoms with Crippen LogP contribution in [-0.2, 0) is 10.0 Å². The minimum atomic E-state index is -5.21. The van der Waals surface area contributed by atoms with Crippen LogP contribution in [0.5, 0.6) is 5.75 Å². The average Bonchev–Trinajstić information content (AvgIpc) is 2.04. The first-order valence-corrected chi connectivity index (χ1v) is 5.23. The molecule has 0 fully saturated rings. The van der Waals surface area contributed by atoms with Crippen molar-refractivity contribution in [2.75, 3.05) is 0 Å². The Balaban J connectivity index is 3.36. The van der Waals surface area contributed by atoms with Crippen LogP contribution in [0.25, 0.3) is 0 Å². The van der Waals surface area contributed by atoms with Crippen molar-refractivity contribution in [3.8, 4) is 5.75 Å². The van der Waals surface area contributed by atoms with Gasteiger partial charge in [0.05, 0.1) is 0 Å². The molecule has 0 spiro atoms. The molecule has 16 heavy (non-hydrogen) atoms. The summed E-state index contributed by atoms with van der Waals surface area (Å²) in [4.78, 5) is -1.06. The summed E-state index contributed by atoms with van der Waals surface area (Å²) < 4.78 is 73.5. The van der Waals surface area contributed by atoms with Crippen molar-refractivity contribution >= 4 is 10.0 Å². The Hall–Kier alpha value is -1.35. The van der Waals surface area contributed by atoms with Gasteiger partial charge in [-0.3, -0.25) is 0 Å². The first kappa shape index (κ1) is 12.7. The molecule has 4 nitrogen and oxygen atoms in total. The zero-order chi connectivity index (χ0) is 12.6. The van der Waals surface area contributed by atoms with Crippen LogP contribution < -0.4 is 9.88 Å². The highest BCUT2D eigenvalue weighted by atomic mass is 32.2. The summed E-state index contributed by atoms with van der Waals surface area (Å²) in [6.45, 7) is 0. The molecule has 9 heteroatoms. The van der Waals surface area contributed by atoms with Crippen LogP contribution >= 0.6 is 0 Å². The number of primary sulfonamides is 1. The Kier molecular flexibility index (Phi) is 3.10. The summed E-state index contributed by atoms with van der Waals surface area (Å²) >= 11 is 0. The van der Waals surface area contributed by atoms with Gasteiger partial charge in [0.1, 0.15) is 4.90 Å². The van der Waals surface area contributed by atoms with Crippen molar-refractivity contribution in [3.63, 3.8) is 0 Å². The van der Waals surface area contributed by atoms with Gasteiger partial charge in [-0.05, 0) is 12.1 Å². The fourth-order valence-electron chi connectivity index (χ4n) is 0.928. The molecule has 0 aliphatic rings. The van der Waals surface area contributed by atoms with Gasteiger partial charge in [0.25, 0.3) is 0 Å². The second-order valence-corrected chi connectivity index (χ2v) is 4.19. The highest BCUT2D eigenvalue weighted by Crippen LogP contribution is 2.31. The number of nitrogens with two attached hydrogens (primary N) is 1. The van der Waals surface area contributed by atoms with Gasteiger partial charge in [0, 0.05) is 0 Å². The molecule has 0 amide bonds. The van der Waals surface area contributed by atoms with Gasteiger partial charge in [0.2, 0.25) is 10.0 Å². The first-order chi connectivity index (χ1) is 7.11. The Bertz CT molecular complexity index is 497. The lowest BCUT2D eigenvalue weighted by atomic mass is 10.3. The average molecular weight is 259 g/mol. The van der Waals surface area contributed by atoms with Crippen molar-refractivity contribution in [2.45, 2.75) is 11.3 Å². The smallest absolute Gasteiger partial charge is 0.401 e. The van der Waals surface area contributed by atoms with Gasteiger partial charge in [-0.1, -0.05) is 6.07 Å². The zero-order valence-corrected chi connectivity index (χ0v) is 8.27. The van der Waals surface area contributed by atoms with Crippen LogP contribution in [-0.4, -0.2) is 14.8 Å². The van der Waals surface area contributed by atoms with Crippen LogP contribution in [0.3, 0.4) is 0 Å². The van der Waals surface area contributed by atoms with E-state index in [0.29, 0.717) is 12.1 Å². The third-order valence-corrected chi connectivity index (χ3v) is 2.39. The second-order valence-electron chi connectivity index (χ2n) is 2.66.